The highest BCUT2D eigenvalue weighted by atomic mass is 35.5. The van der Waals surface area contributed by atoms with Crippen molar-refractivity contribution in [3.05, 3.63) is 63.1 Å². The summed E-state index contributed by atoms with van der Waals surface area (Å²) in [5.41, 5.74) is 3.03. The molecule has 0 radical (unpaired) electrons. The van der Waals surface area contributed by atoms with E-state index in [2.05, 4.69) is 5.32 Å². The summed E-state index contributed by atoms with van der Waals surface area (Å²) in [4.78, 5) is 28.0. The Morgan fingerprint density at radius 3 is 2.14 bits per heavy atom. The Labute approximate surface area is 231 Å². The minimum absolute atomic E-state index is 0.0520. The van der Waals surface area contributed by atoms with Crippen LogP contribution in [0.15, 0.2) is 36.4 Å². The van der Waals surface area contributed by atoms with E-state index >= 15 is 0 Å². The number of anilines is 1. The van der Waals surface area contributed by atoms with Crippen molar-refractivity contribution in [1.82, 2.24) is 10.2 Å². The monoisotopic (exact) mass is 569 g/mol. The van der Waals surface area contributed by atoms with Crippen molar-refractivity contribution < 1.29 is 18.0 Å². The molecule has 37 heavy (non-hydrogen) atoms. The molecule has 1 N–H and O–H groups in total. The number of hydrogen-bond acceptors (Lipinski definition) is 4. The molecular weight excluding hydrogens is 533 g/mol. The normalized spacial score (nSPS) is 12.2. The molecule has 0 spiro atoms. The summed E-state index contributed by atoms with van der Waals surface area (Å²) in [5.74, 6) is -0.516. The van der Waals surface area contributed by atoms with Gasteiger partial charge in [0.1, 0.15) is 6.04 Å². The zero-order valence-electron chi connectivity index (χ0n) is 22.2. The van der Waals surface area contributed by atoms with Crippen LogP contribution < -0.4 is 9.62 Å². The fourth-order valence-electron chi connectivity index (χ4n) is 4.24. The minimum atomic E-state index is -3.56. The second-order valence-corrected chi connectivity index (χ2v) is 11.9. The lowest BCUT2D eigenvalue weighted by molar-refractivity contribution is -0.141. The zero-order valence-corrected chi connectivity index (χ0v) is 24.5. The van der Waals surface area contributed by atoms with Crippen LogP contribution in [0, 0.1) is 13.8 Å². The Morgan fingerprint density at radius 2 is 1.62 bits per heavy atom. The fourth-order valence-corrected chi connectivity index (χ4v) is 5.70. The maximum atomic E-state index is 13.5. The molecule has 0 aliphatic carbocycles. The zero-order chi connectivity index (χ0) is 27.8. The molecule has 1 unspecified atom stereocenters. The van der Waals surface area contributed by atoms with Gasteiger partial charge < -0.3 is 10.2 Å². The smallest absolute Gasteiger partial charge is 0.242 e. The lowest BCUT2D eigenvalue weighted by Crippen LogP contribution is -2.49. The number of nitrogens with one attached hydrogen (secondary N) is 1. The van der Waals surface area contributed by atoms with Crippen LogP contribution in [-0.2, 0) is 26.2 Å². The van der Waals surface area contributed by atoms with Gasteiger partial charge in [-0.15, -0.1) is 0 Å². The van der Waals surface area contributed by atoms with Gasteiger partial charge in [0.15, 0.2) is 0 Å². The highest BCUT2D eigenvalue weighted by Gasteiger charge is 2.29. The Balaban J connectivity index is 2.28. The summed E-state index contributed by atoms with van der Waals surface area (Å²) in [5, 5.41) is 3.69. The summed E-state index contributed by atoms with van der Waals surface area (Å²) >= 11 is 12.8. The van der Waals surface area contributed by atoms with Crippen molar-refractivity contribution in [2.45, 2.75) is 66.0 Å². The highest BCUT2D eigenvalue weighted by molar-refractivity contribution is 7.92. The van der Waals surface area contributed by atoms with Crippen molar-refractivity contribution in [2.24, 2.45) is 0 Å². The largest absolute Gasteiger partial charge is 0.354 e. The van der Waals surface area contributed by atoms with Crippen LogP contribution in [0.2, 0.25) is 10.0 Å². The number of halogens is 2. The molecule has 0 heterocycles. The molecule has 2 aromatic carbocycles. The van der Waals surface area contributed by atoms with E-state index in [0.717, 1.165) is 23.8 Å². The molecule has 10 heteroatoms. The minimum Gasteiger partial charge on any atom is -0.354 e. The summed E-state index contributed by atoms with van der Waals surface area (Å²) in [7, 11) is -3.56. The lowest BCUT2D eigenvalue weighted by atomic mass is 10.1. The second-order valence-electron chi connectivity index (χ2n) is 9.22. The average Bonchev–Trinajstić information content (AvgIpc) is 2.80. The van der Waals surface area contributed by atoms with Gasteiger partial charge in [-0.2, -0.15) is 0 Å². The Kier molecular flexibility index (Phi) is 11.7. The first-order chi connectivity index (χ1) is 17.4. The maximum Gasteiger partial charge on any atom is 0.242 e. The second kappa shape index (κ2) is 14.0. The molecule has 2 aromatic rings. The van der Waals surface area contributed by atoms with Crippen LogP contribution in [0.25, 0.3) is 0 Å². The van der Waals surface area contributed by atoms with E-state index in [1.54, 1.807) is 18.2 Å². The van der Waals surface area contributed by atoms with Crippen LogP contribution in [0.5, 0.6) is 0 Å². The van der Waals surface area contributed by atoms with Crippen molar-refractivity contribution >= 4 is 50.7 Å². The van der Waals surface area contributed by atoms with Crippen LogP contribution in [0.4, 0.5) is 5.69 Å². The molecule has 0 saturated heterocycles. The van der Waals surface area contributed by atoms with Crippen molar-refractivity contribution in [3.8, 4) is 0 Å². The van der Waals surface area contributed by atoms with Crippen molar-refractivity contribution in [3.63, 3.8) is 0 Å². The van der Waals surface area contributed by atoms with Gasteiger partial charge in [0.2, 0.25) is 21.8 Å². The van der Waals surface area contributed by atoms with Gasteiger partial charge in [-0.1, -0.05) is 49.2 Å². The quantitative estimate of drug-likeness (QED) is 0.345. The number of nitrogens with zero attached hydrogens (tertiary/aromatic N) is 2. The topological polar surface area (TPSA) is 86.8 Å². The first kappa shape index (κ1) is 30.9. The van der Waals surface area contributed by atoms with Crippen LogP contribution >= 0.6 is 23.2 Å². The molecular formula is C27H37Cl2N3O4S. The molecule has 2 rings (SSSR count). The third-order valence-electron chi connectivity index (χ3n) is 5.97. The predicted molar refractivity (Wildman–Crippen MR) is 152 cm³/mol. The molecule has 0 aliphatic heterocycles. The molecule has 204 valence electrons. The van der Waals surface area contributed by atoms with Crippen LogP contribution in [-0.4, -0.2) is 50.5 Å². The van der Waals surface area contributed by atoms with Crippen LogP contribution in [0.3, 0.4) is 0 Å². The summed E-state index contributed by atoms with van der Waals surface area (Å²) in [6.07, 6.45) is 2.66. The first-order valence-corrected chi connectivity index (χ1v) is 15.1. The Hall–Kier alpha value is -2.29. The summed E-state index contributed by atoms with van der Waals surface area (Å²) in [6, 6.07) is 9.99. The number of carbonyl (C=O) groups excluding carboxylic acids is 2. The predicted octanol–water partition coefficient (Wildman–Crippen LogP) is 5.49. The number of aryl methyl sites for hydroxylation is 2. The molecule has 0 bridgehead atoms. The van der Waals surface area contributed by atoms with Gasteiger partial charge in [-0.25, -0.2) is 8.42 Å². The maximum absolute atomic E-state index is 13.5. The lowest BCUT2D eigenvalue weighted by Gasteiger charge is -2.31. The highest BCUT2D eigenvalue weighted by Crippen LogP contribution is 2.28. The molecule has 0 fully saturated rings. The van der Waals surface area contributed by atoms with E-state index in [-0.39, 0.29) is 37.7 Å². The molecule has 1 atom stereocenters. The number of carbonyl (C=O) groups is 2. The first-order valence-electron chi connectivity index (χ1n) is 12.4. The van der Waals surface area contributed by atoms with Gasteiger partial charge in [-0.05, 0) is 68.5 Å². The van der Waals surface area contributed by atoms with E-state index in [9.17, 15) is 18.0 Å². The van der Waals surface area contributed by atoms with Gasteiger partial charge in [0.25, 0.3) is 0 Å². The number of amides is 2. The molecule has 0 aromatic heterocycles. The number of benzene rings is 2. The van der Waals surface area contributed by atoms with Crippen molar-refractivity contribution in [1.29, 1.82) is 0 Å². The SMILES string of the molecule is CCCNC(=O)C(CC)N(Cc1c(Cl)cccc1Cl)C(=O)CCCN(c1cc(C)cc(C)c1)S(C)(=O)=O. The molecule has 2 amide bonds. The average molecular weight is 571 g/mol. The number of hydrogen-bond donors (Lipinski definition) is 1. The van der Waals surface area contributed by atoms with E-state index in [1.807, 2.05) is 45.9 Å². The molecule has 0 saturated carbocycles. The Bertz CT molecular complexity index is 1160. The van der Waals surface area contributed by atoms with Crippen molar-refractivity contribution in [2.75, 3.05) is 23.7 Å². The van der Waals surface area contributed by atoms with Gasteiger partial charge in [0.05, 0.1) is 11.9 Å². The third-order valence-corrected chi connectivity index (χ3v) is 7.87. The van der Waals surface area contributed by atoms with Gasteiger partial charge >= 0.3 is 0 Å². The fraction of sp³-hybridized carbons (Fsp3) is 0.481. The Morgan fingerprint density at radius 1 is 1.03 bits per heavy atom. The van der Waals surface area contributed by atoms with Gasteiger partial charge in [-0.3, -0.25) is 13.9 Å². The van der Waals surface area contributed by atoms with E-state index < -0.39 is 16.1 Å². The van der Waals surface area contributed by atoms with Gasteiger partial charge in [0, 0.05) is 41.7 Å². The number of rotatable bonds is 13. The number of sulfonamides is 1. The molecule has 7 nitrogen and oxygen atoms in total. The van der Waals surface area contributed by atoms with E-state index in [0.29, 0.717) is 34.3 Å². The summed E-state index contributed by atoms with van der Waals surface area (Å²) < 4.78 is 26.5. The van der Waals surface area contributed by atoms with Crippen LogP contribution in [0.1, 0.15) is 56.2 Å². The van der Waals surface area contributed by atoms with E-state index in [1.165, 1.54) is 9.21 Å². The molecule has 0 aliphatic rings. The van der Waals surface area contributed by atoms with E-state index in [4.69, 9.17) is 23.2 Å². The standard InChI is InChI=1S/C27H37Cl2N3O4S/c1-6-13-30-27(34)25(7-2)31(18-22-23(28)10-8-11-24(22)29)26(33)12-9-14-32(37(5,35)36)21-16-19(3)15-20(4)17-21/h8,10-11,15-17,25H,6-7,9,12-14,18H2,1-5H3,(H,30,34). The summed E-state index contributed by atoms with van der Waals surface area (Å²) in [6.45, 7) is 8.32. The third kappa shape index (κ3) is 8.90.